The third-order valence-corrected chi connectivity index (χ3v) is 3.51. The first-order chi connectivity index (χ1) is 10.4. The van der Waals surface area contributed by atoms with Gasteiger partial charge in [0.05, 0.1) is 6.61 Å². The SMILES string of the molecule is O=C1O[C@H]([C@@H](O)CO)C(OCC(=O)c2ccc(Br)cc2)=C1O. The van der Waals surface area contributed by atoms with Gasteiger partial charge in [-0.2, -0.15) is 0 Å². The number of rotatable bonds is 6. The smallest absolute Gasteiger partial charge is 0.378 e. The topological polar surface area (TPSA) is 113 Å². The van der Waals surface area contributed by atoms with E-state index in [-0.39, 0.29) is 11.5 Å². The minimum atomic E-state index is -1.45. The molecule has 2 atom stereocenters. The molecule has 1 aliphatic heterocycles. The molecule has 2 rings (SSSR count). The van der Waals surface area contributed by atoms with E-state index in [4.69, 9.17) is 9.84 Å². The van der Waals surface area contributed by atoms with Gasteiger partial charge in [-0.1, -0.05) is 28.1 Å². The molecule has 3 N–H and O–H groups in total. The lowest BCUT2D eigenvalue weighted by molar-refractivity contribution is -0.148. The van der Waals surface area contributed by atoms with Crippen molar-refractivity contribution in [3.63, 3.8) is 0 Å². The first-order valence-corrected chi connectivity index (χ1v) is 7.08. The number of carbonyl (C=O) groups excluding carboxylic acids is 2. The van der Waals surface area contributed by atoms with Gasteiger partial charge in [0.25, 0.3) is 0 Å². The average molecular weight is 373 g/mol. The Morgan fingerprint density at radius 3 is 2.59 bits per heavy atom. The molecular formula is C14H13BrO7. The Labute approximate surface area is 133 Å². The molecule has 0 spiro atoms. The summed E-state index contributed by atoms with van der Waals surface area (Å²) in [5.74, 6) is -2.65. The summed E-state index contributed by atoms with van der Waals surface area (Å²) >= 11 is 3.25. The number of Topliss-reactive ketones (excluding diaryl/α,β-unsaturated/α-hetero) is 1. The van der Waals surface area contributed by atoms with Crippen LogP contribution in [0.3, 0.4) is 0 Å². The number of halogens is 1. The Balaban J connectivity index is 2.07. The van der Waals surface area contributed by atoms with Crippen LogP contribution in [0.25, 0.3) is 0 Å². The zero-order valence-electron chi connectivity index (χ0n) is 11.2. The fraction of sp³-hybridized carbons (Fsp3) is 0.286. The first kappa shape index (κ1) is 16.5. The van der Waals surface area contributed by atoms with Gasteiger partial charge in [0, 0.05) is 10.0 Å². The van der Waals surface area contributed by atoms with E-state index in [1.807, 2.05) is 0 Å². The number of aliphatic hydroxyl groups excluding tert-OH is 3. The largest absolute Gasteiger partial charge is 0.499 e. The van der Waals surface area contributed by atoms with E-state index in [1.54, 1.807) is 24.3 Å². The molecule has 1 aliphatic rings. The molecule has 0 aliphatic carbocycles. The van der Waals surface area contributed by atoms with Gasteiger partial charge in [-0.25, -0.2) is 4.79 Å². The molecule has 0 unspecified atom stereocenters. The number of ether oxygens (including phenoxy) is 2. The highest BCUT2D eigenvalue weighted by Crippen LogP contribution is 2.25. The molecule has 1 aromatic rings. The zero-order chi connectivity index (χ0) is 16.3. The highest BCUT2D eigenvalue weighted by molar-refractivity contribution is 9.10. The maximum Gasteiger partial charge on any atom is 0.378 e. The van der Waals surface area contributed by atoms with E-state index in [0.29, 0.717) is 5.56 Å². The third kappa shape index (κ3) is 3.46. The Bertz CT molecular complexity index is 608. The molecule has 0 saturated carbocycles. The average Bonchev–Trinajstić information content (AvgIpc) is 2.80. The van der Waals surface area contributed by atoms with Crippen LogP contribution < -0.4 is 0 Å². The van der Waals surface area contributed by atoms with Gasteiger partial charge in [-0.15, -0.1) is 0 Å². The van der Waals surface area contributed by atoms with E-state index < -0.39 is 37.2 Å². The second-order valence-electron chi connectivity index (χ2n) is 4.51. The molecule has 0 bridgehead atoms. The second-order valence-corrected chi connectivity index (χ2v) is 5.42. The van der Waals surface area contributed by atoms with Crippen molar-refractivity contribution in [3.05, 3.63) is 45.8 Å². The predicted molar refractivity (Wildman–Crippen MR) is 77.1 cm³/mol. The molecule has 0 radical (unpaired) electrons. The lowest BCUT2D eigenvalue weighted by atomic mass is 10.1. The summed E-state index contributed by atoms with van der Waals surface area (Å²) in [6.45, 7) is -1.15. The number of hydrogen-bond donors (Lipinski definition) is 3. The van der Waals surface area contributed by atoms with Gasteiger partial charge in [-0.3, -0.25) is 4.79 Å². The Morgan fingerprint density at radius 1 is 1.36 bits per heavy atom. The van der Waals surface area contributed by atoms with Gasteiger partial charge in [0.15, 0.2) is 24.3 Å². The van der Waals surface area contributed by atoms with Crippen LogP contribution in [0.1, 0.15) is 10.4 Å². The lowest BCUT2D eigenvalue weighted by Gasteiger charge is -2.18. The lowest BCUT2D eigenvalue weighted by Crippen LogP contribution is -2.33. The quantitative estimate of drug-likeness (QED) is 0.497. The summed E-state index contributed by atoms with van der Waals surface area (Å²) in [6.07, 6.45) is -2.79. The number of aliphatic hydroxyl groups is 3. The summed E-state index contributed by atoms with van der Waals surface area (Å²) in [7, 11) is 0. The highest BCUT2D eigenvalue weighted by Gasteiger charge is 2.40. The summed E-state index contributed by atoms with van der Waals surface area (Å²) in [5.41, 5.74) is 0.382. The van der Waals surface area contributed by atoms with E-state index in [1.165, 1.54) is 0 Å². The van der Waals surface area contributed by atoms with Crippen molar-refractivity contribution in [3.8, 4) is 0 Å². The fourth-order valence-electron chi connectivity index (χ4n) is 1.82. The van der Waals surface area contributed by atoms with Gasteiger partial charge >= 0.3 is 5.97 Å². The van der Waals surface area contributed by atoms with Crippen molar-refractivity contribution in [2.24, 2.45) is 0 Å². The molecule has 1 heterocycles. The summed E-state index contributed by atoms with van der Waals surface area (Å²) < 4.78 is 10.6. The van der Waals surface area contributed by atoms with E-state index in [2.05, 4.69) is 20.7 Å². The van der Waals surface area contributed by atoms with Crippen LogP contribution >= 0.6 is 15.9 Å². The minimum absolute atomic E-state index is 0.364. The molecule has 7 nitrogen and oxygen atoms in total. The van der Waals surface area contributed by atoms with E-state index in [9.17, 15) is 19.8 Å². The number of benzene rings is 1. The van der Waals surface area contributed by atoms with Crippen molar-refractivity contribution >= 4 is 27.7 Å². The molecule has 8 heteroatoms. The number of carbonyl (C=O) groups is 2. The van der Waals surface area contributed by atoms with Crippen LogP contribution in [0.5, 0.6) is 0 Å². The van der Waals surface area contributed by atoms with Crippen LogP contribution in [0.2, 0.25) is 0 Å². The van der Waals surface area contributed by atoms with Gasteiger partial charge in [-0.05, 0) is 12.1 Å². The fourth-order valence-corrected chi connectivity index (χ4v) is 2.09. The summed E-state index contributed by atoms with van der Waals surface area (Å²) in [4.78, 5) is 23.2. The Hall–Kier alpha value is -1.90. The van der Waals surface area contributed by atoms with Gasteiger partial charge < -0.3 is 24.8 Å². The van der Waals surface area contributed by atoms with Crippen LogP contribution in [0, 0.1) is 0 Å². The van der Waals surface area contributed by atoms with Crippen molar-refractivity contribution in [2.75, 3.05) is 13.2 Å². The number of cyclic esters (lactones) is 1. The molecule has 0 amide bonds. The standard InChI is InChI=1S/C14H13BrO7/c15-8-3-1-7(2-4-8)10(18)6-21-13-11(19)14(20)22-12(13)9(17)5-16/h1-4,9,12,16-17,19H,5-6H2/t9-,12+/m0/s1. The summed E-state index contributed by atoms with van der Waals surface area (Å²) in [6, 6.07) is 6.54. The van der Waals surface area contributed by atoms with Crippen molar-refractivity contribution in [1.29, 1.82) is 0 Å². The van der Waals surface area contributed by atoms with Gasteiger partial charge in [0.2, 0.25) is 5.76 Å². The first-order valence-electron chi connectivity index (χ1n) is 6.28. The maximum absolute atomic E-state index is 12.0. The molecule has 0 fully saturated rings. The second kappa shape index (κ2) is 6.91. The van der Waals surface area contributed by atoms with E-state index in [0.717, 1.165) is 4.47 Å². The number of esters is 1. The third-order valence-electron chi connectivity index (χ3n) is 2.98. The van der Waals surface area contributed by atoms with Crippen LogP contribution in [0.4, 0.5) is 0 Å². The number of ketones is 1. The van der Waals surface area contributed by atoms with Crippen LogP contribution in [0.15, 0.2) is 40.3 Å². The molecule has 22 heavy (non-hydrogen) atoms. The molecule has 0 saturated heterocycles. The minimum Gasteiger partial charge on any atom is -0.499 e. The molecular weight excluding hydrogens is 360 g/mol. The summed E-state index contributed by atoms with van der Waals surface area (Å²) in [5, 5.41) is 28.0. The van der Waals surface area contributed by atoms with Crippen molar-refractivity contribution < 1.29 is 34.4 Å². The monoisotopic (exact) mass is 372 g/mol. The van der Waals surface area contributed by atoms with Crippen LogP contribution in [-0.4, -0.2) is 52.5 Å². The zero-order valence-corrected chi connectivity index (χ0v) is 12.8. The normalized spacial score (nSPS) is 19.0. The van der Waals surface area contributed by atoms with E-state index >= 15 is 0 Å². The number of hydrogen-bond acceptors (Lipinski definition) is 7. The molecule has 0 aromatic heterocycles. The molecule has 118 valence electrons. The molecule has 1 aromatic carbocycles. The highest BCUT2D eigenvalue weighted by atomic mass is 79.9. The van der Waals surface area contributed by atoms with Crippen molar-refractivity contribution in [2.45, 2.75) is 12.2 Å². The Morgan fingerprint density at radius 2 is 2.00 bits per heavy atom. The Kier molecular flexibility index (Phi) is 5.17. The van der Waals surface area contributed by atoms with Gasteiger partial charge in [0.1, 0.15) is 6.10 Å². The van der Waals surface area contributed by atoms with Crippen LogP contribution in [-0.2, 0) is 14.3 Å². The predicted octanol–water partition coefficient (Wildman–Crippen LogP) is 0.697. The van der Waals surface area contributed by atoms with Crippen molar-refractivity contribution in [1.82, 2.24) is 0 Å². The maximum atomic E-state index is 12.0.